The molecule has 146 valence electrons. The van der Waals surface area contributed by atoms with Gasteiger partial charge in [-0.15, -0.1) is 22.9 Å². The Hall–Kier alpha value is -1.79. The normalized spacial score (nSPS) is 14.5. The highest BCUT2D eigenvalue weighted by atomic mass is 35.5. The third-order valence-electron chi connectivity index (χ3n) is 4.17. The number of alkyl halides is 1. The molecule has 0 bridgehead atoms. The minimum atomic E-state index is -0.241. The lowest BCUT2D eigenvalue weighted by atomic mass is 9.99. The van der Waals surface area contributed by atoms with Crippen LogP contribution in [-0.4, -0.2) is 29.0 Å². The Morgan fingerprint density at radius 2 is 2.26 bits per heavy atom. The van der Waals surface area contributed by atoms with E-state index in [4.69, 9.17) is 21.1 Å². The summed E-state index contributed by atoms with van der Waals surface area (Å²) in [6.07, 6.45) is 2.81. The first kappa shape index (κ1) is 20.0. The summed E-state index contributed by atoms with van der Waals surface area (Å²) in [6.45, 7) is 6.87. The number of aromatic nitrogens is 1. The van der Waals surface area contributed by atoms with Crippen molar-refractivity contribution in [1.29, 1.82) is 0 Å². The second kappa shape index (κ2) is 8.48. The molecule has 0 spiro atoms. The molecule has 1 amide bonds. The molecule has 0 fully saturated rings. The van der Waals surface area contributed by atoms with Gasteiger partial charge in [-0.1, -0.05) is 6.92 Å². The number of halogens is 1. The first-order valence-corrected chi connectivity index (χ1v) is 10.6. The monoisotopic (exact) mass is 408 g/mol. The van der Waals surface area contributed by atoms with Gasteiger partial charge in [0.2, 0.25) is 5.91 Å². The summed E-state index contributed by atoms with van der Waals surface area (Å²) in [4.78, 5) is 16.4. The van der Waals surface area contributed by atoms with E-state index in [-0.39, 0.29) is 11.5 Å². The molecule has 2 aromatic rings. The van der Waals surface area contributed by atoms with Crippen molar-refractivity contribution in [2.24, 2.45) is 0 Å². The number of rotatable bonds is 8. The highest BCUT2D eigenvalue weighted by Crippen LogP contribution is 2.45. The van der Waals surface area contributed by atoms with Crippen molar-refractivity contribution in [3.05, 3.63) is 23.1 Å². The number of hydrogen-bond acceptors (Lipinski definition) is 5. The van der Waals surface area contributed by atoms with Crippen LogP contribution < -0.4 is 14.8 Å². The fraction of sp³-hybridized carbons (Fsp3) is 0.500. The number of benzene rings is 1. The zero-order valence-corrected chi connectivity index (χ0v) is 17.5. The fourth-order valence-electron chi connectivity index (χ4n) is 3.02. The van der Waals surface area contributed by atoms with Gasteiger partial charge in [0.1, 0.15) is 5.60 Å². The smallest absolute Gasteiger partial charge is 0.226 e. The van der Waals surface area contributed by atoms with Crippen LogP contribution in [0.2, 0.25) is 0 Å². The van der Waals surface area contributed by atoms with Crippen LogP contribution in [0.1, 0.15) is 45.6 Å². The molecule has 0 radical (unpaired) electrons. The van der Waals surface area contributed by atoms with Crippen LogP contribution in [-0.2, 0) is 11.2 Å². The minimum Gasteiger partial charge on any atom is -0.490 e. The molecular weight excluding hydrogens is 384 g/mol. The van der Waals surface area contributed by atoms with Gasteiger partial charge in [-0.3, -0.25) is 4.79 Å². The second-order valence-electron chi connectivity index (χ2n) is 7.23. The predicted octanol–water partition coefficient (Wildman–Crippen LogP) is 5.27. The van der Waals surface area contributed by atoms with Gasteiger partial charge in [0, 0.05) is 35.2 Å². The number of nitrogens with zero attached hydrogens (tertiary/aromatic N) is 1. The molecular formula is C20H25ClN2O3S. The number of fused-ring (bicyclic) bond motifs is 1. The average Bonchev–Trinajstić information content (AvgIpc) is 3.20. The van der Waals surface area contributed by atoms with E-state index in [0.29, 0.717) is 30.5 Å². The molecule has 1 aromatic heterocycles. The average molecular weight is 409 g/mol. The van der Waals surface area contributed by atoms with Gasteiger partial charge in [0.15, 0.2) is 16.6 Å². The van der Waals surface area contributed by atoms with Gasteiger partial charge in [0.05, 0.1) is 12.3 Å². The zero-order chi connectivity index (χ0) is 19.4. The largest absolute Gasteiger partial charge is 0.490 e. The second-order valence-corrected chi connectivity index (χ2v) is 8.46. The number of nitrogens with one attached hydrogen (secondary N) is 1. The van der Waals surface area contributed by atoms with Crippen LogP contribution in [0.5, 0.6) is 11.5 Å². The Labute approximate surface area is 169 Å². The van der Waals surface area contributed by atoms with Crippen molar-refractivity contribution in [1.82, 2.24) is 4.98 Å². The zero-order valence-electron chi connectivity index (χ0n) is 15.9. The maximum atomic E-state index is 11.9. The lowest BCUT2D eigenvalue weighted by molar-refractivity contribution is -0.116. The maximum absolute atomic E-state index is 11.9. The molecule has 1 aliphatic heterocycles. The third kappa shape index (κ3) is 4.93. The number of carbonyl (C=O) groups is 1. The van der Waals surface area contributed by atoms with Gasteiger partial charge >= 0.3 is 0 Å². The van der Waals surface area contributed by atoms with Gasteiger partial charge < -0.3 is 14.8 Å². The van der Waals surface area contributed by atoms with E-state index in [1.54, 1.807) is 0 Å². The SMILES string of the molecule is CCCOc1cc(-c2csc(NC(=O)CCCCl)n2)cc2c1OC(C)(C)C2. The fourth-order valence-corrected chi connectivity index (χ4v) is 3.89. The van der Waals surface area contributed by atoms with E-state index >= 15 is 0 Å². The van der Waals surface area contributed by atoms with Gasteiger partial charge in [-0.25, -0.2) is 4.98 Å². The topological polar surface area (TPSA) is 60.5 Å². The molecule has 27 heavy (non-hydrogen) atoms. The van der Waals surface area contributed by atoms with Crippen LogP contribution in [0.3, 0.4) is 0 Å². The number of carbonyl (C=O) groups excluding carboxylic acids is 1. The first-order valence-electron chi connectivity index (χ1n) is 9.22. The van der Waals surface area contributed by atoms with Crippen molar-refractivity contribution in [2.75, 3.05) is 17.8 Å². The number of thiazole rings is 1. The van der Waals surface area contributed by atoms with Crippen LogP contribution in [0.25, 0.3) is 11.3 Å². The minimum absolute atomic E-state index is 0.0624. The highest BCUT2D eigenvalue weighted by Gasteiger charge is 2.33. The van der Waals surface area contributed by atoms with Gasteiger partial charge in [-0.2, -0.15) is 0 Å². The summed E-state index contributed by atoms with van der Waals surface area (Å²) in [5.74, 6) is 2.01. The quantitative estimate of drug-likeness (QED) is 0.604. The van der Waals surface area contributed by atoms with Crippen LogP contribution >= 0.6 is 22.9 Å². The van der Waals surface area contributed by atoms with E-state index in [1.807, 2.05) is 11.4 Å². The summed E-state index contributed by atoms with van der Waals surface area (Å²) in [5.41, 5.74) is 2.68. The molecule has 1 aromatic carbocycles. The summed E-state index contributed by atoms with van der Waals surface area (Å²) in [6, 6.07) is 4.08. The molecule has 0 saturated carbocycles. The van der Waals surface area contributed by atoms with Crippen molar-refractivity contribution in [2.45, 2.75) is 52.1 Å². The standard InChI is InChI=1S/C20H25ClN2O3S/c1-4-8-25-16-10-13(9-14-11-20(2,3)26-18(14)16)15-12-27-19(22-15)23-17(24)6-5-7-21/h9-10,12H,4-8,11H2,1-3H3,(H,22,23,24). The Balaban J connectivity index is 1.84. The van der Waals surface area contributed by atoms with E-state index in [9.17, 15) is 4.79 Å². The molecule has 0 saturated heterocycles. The van der Waals surface area contributed by atoms with Crippen molar-refractivity contribution in [3.63, 3.8) is 0 Å². The van der Waals surface area contributed by atoms with E-state index in [1.165, 1.54) is 11.3 Å². The summed E-state index contributed by atoms with van der Waals surface area (Å²) >= 11 is 7.05. The molecule has 7 heteroatoms. The number of anilines is 1. The molecule has 0 atom stereocenters. The van der Waals surface area contributed by atoms with Crippen molar-refractivity contribution in [3.8, 4) is 22.8 Å². The number of amides is 1. The Morgan fingerprint density at radius 3 is 3.00 bits per heavy atom. The van der Waals surface area contributed by atoms with E-state index in [0.717, 1.165) is 41.2 Å². The maximum Gasteiger partial charge on any atom is 0.226 e. The predicted molar refractivity (Wildman–Crippen MR) is 110 cm³/mol. The molecule has 1 N–H and O–H groups in total. The van der Waals surface area contributed by atoms with Crippen molar-refractivity contribution < 1.29 is 14.3 Å². The lowest BCUT2D eigenvalue weighted by Gasteiger charge is -2.18. The van der Waals surface area contributed by atoms with E-state index < -0.39 is 0 Å². The third-order valence-corrected chi connectivity index (χ3v) is 5.20. The van der Waals surface area contributed by atoms with Crippen LogP contribution in [0, 0.1) is 0 Å². The molecule has 0 unspecified atom stereocenters. The molecule has 2 heterocycles. The molecule has 1 aliphatic rings. The summed E-state index contributed by atoms with van der Waals surface area (Å²) < 4.78 is 12.0. The summed E-state index contributed by atoms with van der Waals surface area (Å²) in [5, 5.41) is 5.38. The van der Waals surface area contributed by atoms with E-state index in [2.05, 4.69) is 37.1 Å². The lowest BCUT2D eigenvalue weighted by Crippen LogP contribution is -2.24. The van der Waals surface area contributed by atoms with Crippen LogP contribution in [0.15, 0.2) is 17.5 Å². The molecule has 0 aliphatic carbocycles. The van der Waals surface area contributed by atoms with Gasteiger partial charge in [0.25, 0.3) is 0 Å². The Kier molecular flexibility index (Phi) is 6.27. The summed E-state index contributed by atoms with van der Waals surface area (Å²) in [7, 11) is 0. The van der Waals surface area contributed by atoms with Gasteiger partial charge in [-0.05, 0) is 38.8 Å². The van der Waals surface area contributed by atoms with Crippen molar-refractivity contribution >= 4 is 34.0 Å². The highest BCUT2D eigenvalue weighted by molar-refractivity contribution is 7.14. The molecule has 3 rings (SSSR count). The molecule has 5 nitrogen and oxygen atoms in total. The first-order chi connectivity index (χ1) is 12.9. The Morgan fingerprint density at radius 1 is 1.44 bits per heavy atom. The number of ether oxygens (including phenoxy) is 2. The number of hydrogen-bond donors (Lipinski definition) is 1. The van der Waals surface area contributed by atoms with Crippen LogP contribution in [0.4, 0.5) is 5.13 Å². The Bertz CT molecular complexity index is 820.